The van der Waals surface area contributed by atoms with Crippen molar-refractivity contribution in [3.05, 3.63) is 35.4 Å². The van der Waals surface area contributed by atoms with Crippen LogP contribution in [0.25, 0.3) is 0 Å². The normalized spacial score (nSPS) is 23.5. The first-order valence-corrected chi connectivity index (χ1v) is 11.3. The number of amides is 3. The third kappa shape index (κ3) is 6.46. The Morgan fingerprint density at radius 2 is 1.82 bits per heavy atom. The average Bonchev–Trinajstić information content (AvgIpc) is 3.31. The van der Waals surface area contributed by atoms with Gasteiger partial charge in [-0.25, -0.2) is 0 Å². The van der Waals surface area contributed by atoms with Gasteiger partial charge in [0, 0.05) is 30.7 Å². The Morgan fingerprint density at radius 3 is 2.45 bits per heavy atom. The quantitative estimate of drug-likeness (QED) is 0.671. The largest absolute Gasteiger partial charge is 0.416 e. The highest BCUT2D eigenvalue weighted by atomic mass is 19.4. The number of halogens is 3. The molecule has 182 valence electrons. The summed E-state index contributed by atoms with van der Waals surface area (Å²) >= 11 is 0. The molecule has 1 aliphatic carbocycles. The fourth-order valence-electron chi connectivity index (χ4n) is 4.59. The molecule has 1 aromatic carbocycles. The highest BCUT2D eigenvalue weighted by molar-refractivity contribution is 5.96. The van der Waals surface area contributed by atoms with Crippen LogP contribution in [-0.4, -0.2) is 73.3 Å². The van der Waals surface area contributed by atoms with Crippen LogP contribution in [0.5, 0.6) is 0 Å². The lowest BCUT2D eigenvalue weighted by Gasteiger charge is -2.39. The van der Waals surface area contributed by atoms with Gasteiger partial charge in [-0.2, -0.15) is 13.2 Å². The molecule has 3 rings (SSSR count). The van der Waals surface area contributed by atoms with E-state index in [4.69, 9.17) is 0 Å². The molecular formula is C23H31F3N4O3. The summed E-state index contributed by atoms with van der Waals surface area (Å²) in [5, 5.41) is 5.25. The summed E-state index contributed by atoms with van der Waals surface area (Å²) in [6.07, 6.45) is -0.485. The summed E-state index contributed by atoms with van der Waals surface area (Å²) in [6.45, 7) is 1.08. The lowest BCUT2D eigenvalue weighted by Crippen LogP contribution is -2.54. The van der Waals surface area contributed by atoms with Crippen LogP contribution in [0, 0.1) is 5.92 Å². The van der Waals surface area contributed by atoms with E-state index in [0.717, 1.165) is 50.6 Å². The van der Waals surface area contributed by atoms with Gasteiger partial charge in [-0.3, -0.25) is 14.4 Å². The minimum atomic E-state index is -4.56. The molecule has 0 unspecified atom stereocenters. The molecule has 0 spiro atoms. The monoisotopic (exact) mass is 468 g/mol. The van der Waals surface area contributed by atoms with Gasteiger partial charge in [-0.15, -0.1) is 0 Å². The van der Waals surface area contributed by atoms with Crippen molar-refractivity contribution < 1.29 is 27.6 Å². The van der Waals surface area contributed by atoms with Crippen LogP contribution in [0.4, 0.5) is 13.2 Å². The van der Waals surface area contributed by atoms with Crippen molar-refractivity contribution in [2.45, 2.75) is 50.4 Å². The number of alkyl halides is 3. The minimum absolute atomic E-state index is 0.0531. The highest BCUT2D eigenvalue weighted by Crippen LogP contribution is 2.31. The molecule has 2 fully saturated rings. The van der Waals surface area contributed by atoms with E-state index in [2.05, 4.69) is 15.5 Å². The van der Waals surface area contributed by atoms with Gasteiger partial charge in [-0.05, 0) is 64.4 Å². The van der Waals surface area contributed by atoms with Crippen molar-refractivity contribution in [3.63, 3.8) is 0 Å². The molecule has 10 heteroatoms. The molecule has 1 aliphatic heterocycles. The number of hydrogen-bond donors (Lipinski definition) is 2. The number of likely N-dealkylation sites (tertiary alicyclic amines) is 1. The van der Waals surface area contributed by atoms with Gasteiger partial charge in [0.2, 0.25) is 11.8 Å². The molecule has 2 N–H and O–H groups in total. The van der Waals surface area contributed by atoms with E-state index in [1.807, 2.05) is 19.0 Å². The second-order valence-corrected chi connectivity index (χ2v) is 9.00. The lowest BCUT2D eigenvalue weighted by molar-refractivity contribution is -0.138. The van der Waals surface area contributed by atoms with Gasteiger partial charge in [0.05, 0.1) is 18.0 Å². The summed E-state index contributed by atoms with van der Waals surface area (Å²) in [5.41, 5.74) is -1.10. The van der Waals surface area contributed by atoms with E-state index < -0.39 is 23.6 Å². The number of nitrogens with zero attached hydrogens (tertiary/aromatic N) is 2. The van der Waals surface area contributed by atoms with Gasteiger partial charge in [0.1, 0.15) is 0 Å². The summed E-state index contributed by atoms with van der Waals surface area (Å²) < 4.78 is 38.6. The van der Waals surface area contributed by atoms with Gasteiger partial charge in [0.25, 0.3) is 5.91 Å². The molecule has 1 saturated carbocycles. The summed E-state index contributed by atoms with van der Waals surface area (Å²) in [7, 11) is 3.95. The van der Waals surface area contributed by atoms with E-state index in [0.29, 0.717) is 12.8 Å². The Kier molecular flexibility index (Phi) is 7.99. The SMILES string of the molecule is CN(C)[C@@H]1CC[C@H](NC(=O)CNC(=O)c2cccc(C(F)(F)F)c2)[C@H](C(=O)N2CCCC2)C1. The van der Waals surface area contributed by atoms with Crippen molar-refractivity contribution in [2.75, 3.05) is 33.7 Å². The third-order valence-electron chi connectivity index (χ3n) is 6.50. The maximum Gasteiger partial charge on any atom is 0.416 e. The second kappa shape index (κ2) is 10.5. The van der Waals surface area contributed by atoms with E-state index >= 15 is 0 Å². The summed E-state index contributed by atoms with van der Waals surface area (Å²) in [5.74, 6) is -1.52. The van der Waals surface area contributed by atoms with Crippen LogP contribution in [-0.2, 0) is 15.8 Å². The Labute approximate surface area is 191 Å². The molecular weight excluding hydrogens is 437 g/mol. The number of benzene rings is 1. The van der Waals surface area contributed by atoms with E-state index in [1.165, 1.54) is 6.07 Å². The van der Waals surface area contributed by atoms with Crippen molar-refractivity contribution >= 4 is 17.7 Å². The average molecular weight is 469 g/mol. The summed E-state index contributed by atoms with van der Waals surface area (Å²) in [4.78, 5) is 41.9. The Morgan fingerprint density at radius 1 is 1.12 bits per heavy atom. The predicted molar refractivity (Wildman–Crippen MR) is 116 cm³/mol. The van der Waals surface area contributed by atoms with E-state index in [-0.39, 0.29) is 36.0 Å². The van der Waals surface area contributed by atoms with Gasteiger partial charge >= 0.3 is 6.18 Å². The minimum Gasteiger partial charge on any atom is -0.351 e. The molecule has 0 aromatic heterocycles. The molecule has 1 aromatic rings. The van der Waals surface area contributed by atoms with E-state index in [1.54, 1.807) is 0 Å². The van der Waals surface area contributed by atoms with E-state index in [9.17, 15) is 27.6 Å². The second-order valence-electron chi connectivity index (χ2n) is 9.00. The molecule has 7 nitrogen and oxygen atoms in total. The molecule has 3 amide bonds. The van der Waals surface area contributed by atoms with Crippen molar-refractivity contribution in [2.24, 2.45) is 5.92 Å². The number of carbonyl (C=O) groups is 3. The van der Waals surface area contributed by atoms with Crippen LogP contribution in [0.3, 0.4) is 0 Å². The van der Waals surface area contributed by atoms with Crippen LogP contribution in [0.1, 0.15) is 48.0 Å². The Hall–Kier alpha value is -2.62. The first-order chi connectivity index (χ1) is 15.6. The van der Waals surface area contributed by atoms with Crippen LogP contribution < -0.4 is 10.6 Å². The maximum atomic E-state index is 13.1. The zero-order valence-electron chi connectivity index (χ0n) is 19.0. The highest BCUT2D eigenvalue weighted by Gasteiger charge is 2.39. The molecule has 0 bridgehead atoms. The standard InChI is InChI=1S/C23H31F3N4O3/c1-29(2)17-8-9-19(18(13-17)22(33)30-10-3-4-11-30)28-20(31)14-27-21(32)15-6-5-7-16(12-15)23(24,25)26/h5-7,12,17-19H,3-4,8-11,13-14H2,1-2H3,(H,27,32)(H,28,31)/t17-,18-,19+/m1/s1. The first kappa shape index (κ1) is 25.0. The van der Waals surface area contributed by atoms with Crippen molar-refractivity contribution in [3.8, 4) is 0 Å². The Balaban J connectivity index is 1.59. The number of nitrogens with one attached hydrogen (secondary N) is 2. The van der Waals surface area contributed by atoms with Gasteiger partial charge in [-0.1, -0.05) is 6.07 Å². The van der Waals surface area contributed by atoms with Crippen LogP contribution in [0.15, 0.2) is 24.3 Å². The van der Waals surface area contributed by atoms with Crippen molar-refractivity contribution in [1.82, 2.24) is 20.4 Å². The molecule has 1 saturated heterocycles. The number of hydrogen-bond acceptors (Lipinski definition) is 4. The van der Waals surface area contributed by atoms with Gasteiger partial charge in [0.15, 0.2) is 0 Å². The Bertz CT molecular complexity index is 869. The fourth-order valence-corrected chi connectivity index (χ4v) is 4.59. The fraction of sp³-hybridized carbons (Fsp3) is 0.609. The maximum absolute atomic E-state index is 13.1. The van der Waals surface area contributed by atoms with Crippen molar-refractivity contribution in [1.29, 1.82) is 0 Å². The summed E-state index contributed by atoms with van der Waals surface area (Å²) in [6, 6.07) is 3.94. The number of carbonyl (C=O) groups excluding carboxylic acids is 3. The molecule has 33 heavy (non-hydrogen) atoms. The molecule has 1 heterocycles. The van der Waals surface area contributed by atoms with Crippen LogP contribution >= 0.6 is 0 Å². The topological polar surface area (TPSA) is 81.8 Å². The zero-order valence-corrected chi connectivity index (χ0v) is 19.0. The molecule has 0 radical (unpaired) electrons. The van der Waals surface area contributed by atoms with Crippen LogP contribution in [0.2, 0.25) is 0 Å². The third-order valence-corrected chi connectivity index (χ3v) is 6.50. The number of rotatable bonds is 6. The zero-order chi connectivity index (χ0) is 24.2. The smallest absolute Gasteiger partial charge is 0.351 e. The first-order valence-electron chi connectivity index (χ1n) is 11.3. The lowest BCUT2D eigenvalue weighted by atomic mass is 9.80. The predicted octanol–water partition coefficient (Wildman–Crippen LogP) is 2.27. The molecule has 2 aliphatic rings. The van der Waals surface area contributed by atoms with Gasteiger partial charge < -0.3 is 20.4 Å². The molecule has 3 atom stereocenters.